The van der Waals surface area contributed by atoms with Gasteiger partial charge in [0, 0.05) is 36.9 Å². The van der Waals surface area contributed by atoms with Gasteiger partial charge in [-0.15, -0.1) is 0 Å². The van der Waals surface area contributed by atoms with E-state index in [0.717, 1.165) is 8.78 Å². The number of benzene rings is 1. The molecular weight excluding hydrogens is 394 g/mol. The van der Waals surface area contributed by atoms with Crippen molar-refractivity contribution in [2.45, 2.75) is 11.8 Å². The number of halogens is 1. The second kappa shape index (κ2) is 7.42. The Morgan fingerprint density at radius 2 is 1.75 bits per heavy atom. The van der Waals surface area contributed by atoms with Gasteiger partial charge in [0.2, 0.25) is 10.0 Å². The van der Waals surface area contributed by atoms with E-state index in [-0.39, 0.29) is 10.8 Å². The Labute approximate surface area is 150 Å². The predicted octanol–water partition coefficient (Wildman–Crippen LogP) is 2.76. The van der Waals surface area contributed by atoms with Gasteiger partial charge in [0.1, 0.15) is 5.82 Å². The first kappa shape index (κ1) is 18.6. The van der Waals surface area contributed by atoms with Crippen LogP contribution in [-0.4, -0.2) is 44.3 Å². The van der Waals surface area contributed by atoms with Crippen LogP contribution in [0, 0.1) is 0 Å². The fraction of sp³-hybridized carbons (Fsp3) is 0.250. The molecule has 0 bridgehead atoms. The van der Waals surface area contributed by atoms with Crippen LogP contribution in [0.2, 0.25) is 0 Å². The van der Waals surface area contributed by atoms with Crippen molar-refractivity contribution in [1.29, 1.82) is 0 Å². The molecule has 0 aliphatic heterocycles. The average molecular weight is 412 g/mol. The minimum Gasteiger partial charge on any atom is -0.293 e. The number of nitrogens with zero attached hydrogens (tertiary/aromatic N) is 3. The molecule has 0 atom stereocenters. The Balaban J connectivity index is 2.30. The van der Waals surface area contributed by atoms with Crippen LogP contribution in [0.15, 0.2) is 52.0 Å². The van der Waals surface area contributed by atoms with Crippen LogP contribution < -0.4 is 4.90 Å². The Bertz CT molecular complexity index is 819. The molecule has 6 nitrogen and oxygen atoms in total. The summed E-state index contributed by atoms with van der Waals surface area (Å²) in [5.41, 5.74) is 0.402. The summed E-state index contributed by atoms with van der Waals surface area (Å²) in [5, 5.41) is 0. The Morgan fingerprint density at radius 1 is 1.12 bits per heavy atom. The van der Waals surface area contributed by atoms with Gasteiger partial charge in [-0.05, 0) is 59.3 Å². The van der Waals surface area contributed by atoms with E-state index in [4.69, 9.17) is 0 Å². The maximum atomic E-state index is 12.7. The van der Waals surface area contributed by atoms with Gasteiger partial charge in [-0.1, -0.05) is 0 Å². The molecule has 1 heterocycles. The van der Waals surface area contributed by atoms with E-state index >= 15 is 0 Å². The number of pyridine rings is 1. The molecule has 0 aliphatic rings. The van der Waals surface area contributed by atoms with Gasteiger partial charge in [0.15, 0.2) is 0 Å². The molecule has 0 fully saturated rings. The third-order valence-corrected chi connectivity index (χ3v) is 5.73. The highest BCUT2D eigenvalue weighted by molar-refractivity contribution is 9.10. The first-order valence-electron chi connectivity index (χ1n) is 7.23. The van der Waals surface area contributed by atoms with Crippen molar-refractivity contribution < 1.29 is 13.2 Å². The van der Waals surface area contributed by atoms with Crippen LogP contribution in [-0.2, 0) is 10.0 Å². The highest BCUT2D eigenvalue weighted by Crippen LogP contribution is 2.19. The lowest BCUT2D eigenvalue weighted by Crippen LogP contribution is -2.31. The summed E-state index contributed by atoms with van der Waals surface area (Å²) < 4.78 is 26.1. The van der Waals surface area contributed by atoms with Gasteiger partial charge >= 0.3 is 0 Å². The first-order valence-corrected chi connectivity index (χ1v) is 9.46. The lowest BCUT2D eigenvalue weighted by Gasteiger charge is -2.20. The van der Waals surface area contributed by atoms with Crippen LogP contribution in [0.5, 0.6) is 0 Å². The summed E-state index contributed by atoms with van der Waals surface area (Å²) in [6.07, 6.45) is 1.62. The average Bonchev–Trinajstić information content (AvgIpc) is 2.57. The second-order valence-corrected chi connectivity index (χ2v) is 8.26. The van der Waals surface area contributed by atoms with Gasteiger partial charge in [-0.25, -0.2) is 17.7 Å². The summed E-state index contributed by atoms with van der Waals surface area (Å²) in [6, 6.07) is 9.46. The first-order chi connectivity index (χ1) is 11.3. The Morgan fingerprint density at radius 3 is 2.21 bits per heavy atom. The number of amides is 1. The van der Waals surface area contributed by atoms with Crippen molar-refractivity contribution in [2.75, 3.05) is 25.5 Å². The molecule has 8 heteroatoms. The maximum absolute atomic E-state index is 12.7. The number of rotatable bonds is 5. The molecule has 2 rings (SSSR count). The largest absolute Gasteiger partial charge is 0.293 e. The van der Waals surface area contributed by atoms with E-state index in [0.29, 0.717) is 17.9 Å². The smallest absolute Gasteiger partial charge is 0.259 e. The van der Waals surface area contributed by atoms with Crippen molar-refractivity contribution in [3.63, 3.8) is 0 Å². The molecule has 1 amide bonds. The topological polar surface area (TPSA) is 70.6 Å². The van der Waals surface area contributed by atoms with E-state index < -0.39 is 10.0 Å². The molecule has 0 unspecified atom stereocenters. The number of carbonyl (C=O) groups excluding carboxylic acids is 1. The molecule has 0 spiro atoms. The van der Waals surface area contributed by atoms with Crippen LogP contribution in [0.1, 0.15) is 17.3 Å². The van der Waals surface area contributed by atoms with Gasteiger partial charge < -0.3 is 0 Å². The quantitative estimate of drug-likeness (QED) is 0.757. The molecule has 0 saturated carbocycles. The van der Waals surface area contributed by atoms with E-state index in [1.54, 1.807) is 12.3 Å². The van der Waals surface area contributed by atoms with Crippen molar-refractivity contribution >= 4 is 37.7 Å². The van der Waals surface area contributed by atoms with Gasteiger partial charge in [0.05, 0.1) is 4.90 Å². The van der Waals surface area contributed by atoms with Crippen LogP contribution >= 0.6 is 15.9 Å². The fourth-order valence-electron chi connectivity index (χ4n) is 2.07. The molecule has 0 saturated heterocycles. The van der Waals surface area contributed by atoms with Gasteiger partial charge in [-0.2, -0.15) is 0 Å². The lowest BCUT2D eigenvalue weighted by molar-refractivity contribution is 0.0987. The highest BCUT2D eigenvalue weighted by atomic mass is 79.9. The molecule has 1 aromatic heterocycles. The molecule has 0 aliphatic carbocycles. The van der Waals surface area contributed by atoms with Crippen molar-refractivity contribution in [2.24, 2.45) is 0 Å². The maximum Gasteiger partial charge on any atom is 0.259 e. The van der Waals surface area contributed by atoms with E-state index in [1.807, 2.05) is 13.0 Å². The molecular formula is C16H18BrN3O3S. The third-order valence-electron chi connectivity index (χ3n) is 3.43. The summed E-state index contributed by atoms with van der Waals surface area (Å²) >= 11 is 3.31. The molecule has 0 radical (unpaired) electrons. The van der Waals surface area contributed by atoms with Crippen LogP contribution in [0.25, 0.3) is 0 Å². The zero-order valence-corrected chi connectivity index (χ0v) is 16.0. The summed E-state index contributed by atoms with van der Waals surface area (Å²) in [5.74, 6) is 0.303. The second-order valence-electron chi connectivity index (χ2n) is 5.20. The zero-order valence-electron chi connectivity index (χ0n) is 13.6. The predicted molar refractivity (Wildman–Crippen MR) is 96.6 cm³/mol. The number of carbonyl (C=O) groups is 1. The van der Waals surface area contributed by atoms with Crippen molar-refractivity contribution in [1.82, 2.24) is 9.29 Å². The van der Waals surface area contributed by atoms with Crippen LogP contribution in [0.3, 0.4) is 0 Å². The van der Waals surface area contributed by atoms with E-state index in [1.165, 1.54) is 43.3 Å². The van der Waals surface area contributed by atoms with Crippen LogP contribution in [0.4, 0.5) is 5.82 Å². The highest BCUT2D eigenvalue weighted by Gasteiger charge is 2.20. The monoisotopic (exact) mass is 411 g/mol. The third kappa shape index (κ3) is 3.82. The summed E-state index contributed by atoms with van der Waals surface area (Å²) in [4.78, 5) is 18.6. The standard InChI is InChI=1S/C16H18BrN3O3S/c1-4-20(15-10-7-13(17)11-18-15)16(21)12-5-8-14(9-6-12)24(22,23)19(2)3/h5-11H,4H2,1-3H3. The van der Waals surface area contributed by atoms with Crippen molar-refractivity contribution in [3.8, 4) is 0 Å². The van der Waals surface area contributed by atoms with Gasteiger partial charge in [-0.3, -0.25) is 9.69 Å². The van der Waals surface area contributed by atoms with E-state index in [2.05, 4.69) is 20.9 Å². The number of anilines is 1. The normalized spacial score (nSPS) is 11.5. The molecule has 2 aromatic rings. The molecule has 24 heavy (non-hydrogen) atoms. The van der Waals surface area contributed by atoms with E-state index in [9.17, 15) is 13.2 Å². The number of aromatic nitrogens is 1. The zero-order chi connectivity index (χ0) is 17.9. The van der Waals surface area contributed by atoms with Crippen molar-refractivity contribution in [3.05, 3.63) is 52.6 Å². The fourth-order valence-corrected chi connectivity index (χ4v) is 3.21. The summed E-state index contributed by atoms with van der Waals surface area (Å²) in [7, 11) is -0.582. The Kier molecular flexibility index (Phi) is 5.74. The number of sulfonamides is 1. The molecule has 0 N–H and O–H groups in total. The lowest BCUT2D eigenvalue weighted by atomic mass is 10.2. The minimum atomic E-state index is -3.51. The summed E-state index contributed by atoms with van der Waals surface area (Å²) in [6.45, 7) is 2.30. The minimum absolute atomic E-state index is 0.147. The molecule has 1 aromatic carbocycles. The Hall–Kier alpha value is -1.77. The SMILES string of the molecule is CCN(C(=O)c1ccc(S(=O)(=O)N(C)C)cc1)c1ccc(Br)cn1. The number of hydrogen-bond donors (Lipinski definition) is 0. The number of hydrogen-bond acceptors (Lipinski definition) is 4. The molecule has 128 valence electrons. The van der Waals surface area contributed by atoms with Gasteiger partial charge in [0.25, 0.3) is 5.91 Å².